The van der Waals surface area contributed by atoms with Crippen LogP contribution in [0.4, 0.5) is 4.79 Å². The maximum absolute atomic E-state index is 11.7. The lowest BCUT2D eigenvalue weighted by Gasteiger charge is -2.23. The van der Waals surface area contributed by atoms with Crippen molar-refractivity contribution in [3.63, 3.8) is 0 Å². The van der Waals surface area contributed by atoms with Gasteiger partial charge in [-0.1, -0.05) is 0 Å². The van der Waals surface area contributed by atoms with Crippen LogP contribution in [-0.2, 0) is 9.53 Å². The Morgan fingerprint density at radius 2 is 2.16 bits per heavy atom. The maximum Gasteiger partial charge on any atom is 0.408 e. The van der Waals surface area contributed by atoms with Gasteiger partial charge in [0.1, 0.15) is 5.60 Å². The van der Waals surface area contributed by atoms with E-state index in [-0.39, 0.29) is 6.42 Å². The Hall–Kier alpha value is -1.08. The van der Waals surface area contributed by atoms with Crippen molar-refractivity contribution in [1.82, 2.24) is 5.32 Å². The summed E-state index contributed by atoms with van der Waals surface area (Å²) in [6, 6.07) is 1.16. The first kappa shape index (κ1) is 16.0. The third-order valence-corrected chi connectivity index (χ3v) is 3.82. The van der Waals surface area contributed by atoms with E-state index in [9.17, 15) is 9.59 Å². The number of carbonyl (C=O) groups excluding carboxylic acids is 1. The van der Waals surface area contributed by atoms with Crippen LogP contribution in [0.2, 0.25) is 0 Å². The highest BCUT2D eigenvalue weighted by Crippen LogP contribution is 2.30. The molecule has 0 spiro atoms. The summed E-state index contributed by atoms with van der Waals surface area (Å²) in [6.07, 6.45) is -0.828. The smallest absolute Gasteiger partial charge is 0.408 e. The Morgan fingerprint density at radius 1 is 1.53 bits per heavy atom. The predicted octanol–water partition coefficient (Wildman–Crippen LogP) is 3.55. The number of alkyl carbamates (subject to hydrolysis) is 1. The lowest BCUT2D eigenvalue weighted by molar-refractivity contribution is -0.137. The molecule has 0 aromatic carbocycles. The fourth-order valence-corrected chi connectivity index (χ4v) is 2.83. The van der Waals surface area contributed by atoms with E-state index in [2.05, 4.69) is 21.2 Å². The van der Waals surface area contributed by atoms with E-state index in [1.807, 2.05) is 5.38 Å². The van der Waals surface area contributed by atoms with Crippen LogP contribution in [0.3, 0.4) is 0 Å². The highest BCUT2D eigenvalue weighted by Gasteiger charge is 2.24. The molecular weight excluding hydrogens is 334 g/mol. The van der Waals surface area contributed by atoms with Gasteiger partial charge in [0.15, 0.2) is 0 Å². The van der Waals surface area contributed by atoms with E-state index >= 15 is 0 Å². The molecule has 0 saturated carbocycles. The maximum atomic E-state index is 11.7. The number of rotatable bonds is 4. The normalized spacial score (nSPS) is 12.8. The Labute approximate surface area is 124 Å². The zero-order valence-electron chi connectivity index (χ0n) is 10.9. The molecule has 1 heterocycles. The number of hydrogen-bond donors (Lipinski definition) is 2. The van der Waals surface area contributed by atoms with Crippen LogP contribution < -0.4 is 5.32 Å². The van der Waals surface area contributed by atoms with Crippen molar-refractivity contribution in [3.8, 4) is 0 Å². The van der Waals surface area contributed by atoms with Crippen LogP contribution in [0.1, 0.15) is 38.8 Å². The fraction of sp³-hybridized carbons (Fsp3) is 0.500. The number of hydrogen-bond acceptors (Lipinski definition) is 4. The lowest BCUT2D eigenvalue weighted by Crippen LogP contribution is -2.35. The molecule has 106 valence electrons. The van der Waals surface area contributed by atoms with Crippen LogP contribution in [0.25, 0.3) is 0 Å². The van der Waals surface area contributed by atoms with Crippen molar-refractivity contribution in [2.75, 3.05) is 0 Å². The molecule has 1 aromatic heterocycles. The Balaban J connectivity index is 2.79. The summed E-state index contributed by atoms with van der Waals surface area (Å²) in [7, 11) is 0. The molecule has 1 aromatic rings. The summed E-state index contributed by atoms with van der Waals surface area (Å²) in [4.78, 5) is 22.6. The number of aliphatic carboxylic acids is 1. The number of carboxylic acids is 1. The largest absolute Gasteiger partial charge is 0.481 e. The second-order valence-corrected chi connectivity index (χ2v) is 7.18. The second kappa shape index (κ2) is 6.38. The molecule has 0 radical (unpaired) electrons. The molecule has 0 saturated heterocycles. The third kappa shape index (κ3) is 5.61. The quantitative estimate of drug-likeness (QED) is 0.871. The van der Waals surface area contributed by atoms with E-state index in [0.29, 0.717) is 0 Å². The Morgan fingerprint density at radius 3 is 2.58 bits per heavy atom. The molecule has 0 aliphatic heterocycles. The molecule has 2 N–H and O–H groups in total. The van der Waals surface area contributed by atoms with Crippen molar-refractivity contribution in [3.05, 3.63) is 20.8 Å². The van der Waals surface area contributed by atoms with Crippen molar-refractivity contribution < 1.29 is 19.4 Å². The second-order valence-electron chi connectivity index (χ2n) is 4.95. The molecular formula is C12H16BrNO4S. The first-order valence-electron chi connectivity index (χ1n) is 5.63. The average molecular weight is 350 g/mol. The molecule has 0 unspecified atom stereocenters. The van der Waals surface area contributed by atoms with Gasteiger partial charge in [-0.25, -0.2) is 4.79 Å². The average Bonchev–Trinajstić information content (AvgIpc) is 2.59. The molecule has 7 heteroatoms. The van der Waals surface area contributed by atoms with E-state index in [0.717, 1.165) is 9.35 Å². The number of nitrogens with one attached hydrogen (secondary N) is 1. The summed E-state index contributed by atoms with van der Waals surface area (Å²) in [6.45, 7) is 5.25. The molecule has 1 atom stereocenters. The van der Waals surface area contributed by atoms with Crippen molar-refractivity contribution in [1.29, 1.82) is 0 Å². The molecule has 0 fully saturated rings. The first-order chi connectivity index (χ1) is 8.69. The molecule has 0 aliphatic rings. The van der Waals surface area contributed by atoms with Crippen molar-refractivity contribution in [2.45, 2.75) is 38.8 Å². The minimum absolute atomic E-state index is 0.200. The van der Waals surface area contributed by atoms with Gasteiger partial charge in [-0.2, -0.15) is 0 Å². The van der Waals surface area contributed by atoms with Gasteiger partial charge in [0.25, 0.3) is 0 Å². The minimum atomic E-state index is -0.987. The highest BCUT2D eigenvalue weighted by atomic mass is 79.9. The molecule has 0 bridgehead atoms. The summed E-state index contributed by atoms with van der Waals surface area (Å²) < 4.78 is 5.93. The van der Waals surface area contributed by atoms with Gasteiger partial charge in [0.05, 0.1) is 16.2 Å². The number of carboxylic acid groups (broad SMARTS) is 1. The molecule has 5 nitrogen and oxygen atoms in total. The first-order valence-corrected chi connectivity index (χ1v) is 7.30. The summed E-state index contributed by atoms with van der Waals surface area (Å²) in [5.41, 5.74) is 0.113. The molecule has 19 heavy (non-hydrogen) atoms. The van der Waals surface area contributed by atoms with Gasteiger partial charge in [-0.15, -0.1) is 11.3 Å². The van der Waals surface area contributed by atoms with Gasteiger partial charge in [0, 0.05) is 5.56 Å². The predicted molar refractivity (Wildman–Crippen MR) is 76.4 cm³/mol. The van der Waals surface area contributed by atoms with E-state index in [4.69, 9.17) is 9.84 Å². The Kier molecular flexibility index (Phi) is 5.37. The highest BCUT2D eigenvalue weighted by molar-refractivity contribution is 9.11. The zero-order valence-corrected chi connectivity index (χ0v) is 13.3. The van der Waals surface area contributed by atoms with Gasteiger partial charge in [-0.3, -0.25) is 4.79 Å². The van der Waals surface area contributed by atoms with Crippen LogP contribution in [-0.4, -0.2) is 22.8 Å². The van der Waals surface area contributed by atoms with Crippen LogP contribution in [0.15, 0.2) is 15.2 Å². The molecule has 1 rings (SSSR count). The number of halogens is 1. The van der Waals surface area contributed by atoms with Gasteiger partial charge in [0.2, 0.25) is 0 Å². The van der Waals surface area contributed by atoms with Crippen molar-refractivity contribution in [2.24, 2.45) is 0 Å². The topological polar surface area (TPSA) is 75.6 Å². The Bertz CT molecular complexity index is 467. The van der Waals surface area contributed by atoms with E-state index in [1.54, 1.807) is 26.8 Å². The number of amides is 1. The third-order valence-electron chi connectivity index (χ3n) is 2.09. The monoisotopic (exact) mass is 349 g/mol. The summed E-state index contributed by atoms with van der Waals surface area (Å²) >= 11 is 4.77. The summed E-state index contributed by atoms with van der Waals surface area (Å²) in [5.74, 6) is -0.987. The van der Waals surface area contributed by atoms with Gasteiger partial charge < -0.3 is 15.2 Å². The van der Waals surface area contributed by atoms with Crippen LogP contribution >= 0.6 is 27.3 Å². The molecule has 1 amide bonds. The lowest BCUT2D eigenvalue weighted by atomic mass is 10.1. The van der Waals surface area contributed by atoms with Crippen molar-refractivity contribution >= 4 is 39.3 Å². The SMILES string of the molecule is CC(C)(C)OC(=O)N[C@@H](CC(=O)O)c1ccsc1Br. The van der Waals surface area contributed by atoms with E-state index in [1.165, 1.54) is 11.3 Å². The fourth-order valence-electron chi connectivity index (χ4n) is 1.42. The minimum Gasteiger partial charge on any atom is -0.481 e. The number of carbonyl (C=O) groups is 2. The van der Waals surface area contributed by atoms with Gasteiger partial charge >= 0.3 is 12.1 Å². The molecule has 0 aliphatic carbocycles. The zero-order chi connectivity index (χ0) is 14.6. The van der Waals surface area contributed by atoms with Crippen LogP contribution in [0.5, 0.6) is 0 Å². The van der Waals surface area contributed by atoms with Gasteiger partial charge in [-0.05, 0) is 48.1 Å². The number of thiophene rings is 1. The number of ether oxygens (including phenoxy) is 1. The standard InChI is InChI=1S/C12H16BrNO4S/c1-12(2,3)18-11(17)14-8(6-9(15)16)7-4-5-19-10(7)13/h4-5,8H,6H2,1-3H3,(H,14,17)(H,15,16)/t8-/m0/s1. The van der Waals surface area contributed by atoms with Crippen LogP contribution in [0, 0.1) is 0 Å². The van der Waals surface area contributed by atoms with E-state index < -0.39 is 23.7 Å². The summed E-state index contributed by atoms with van der Waals surface area (Å²) in [5, 5.41) is 13.3.